The fourth-order valence-electron chi connectivity index (χ4n) is 3.16. The number of amides is 1. The lowest BCUT2D eigenvalue weighted by Gasteiger charge is -2.07. The molecule has 0 aliphatic heterocycles. The quantitative estimate of drug-likeness (QED) is 0.122. The lowest BCUT2D eigenvalue weighted by Crippen LogP contribution is -2.17. The molecule has 0 bridgehead atoms. The molecule has 0 saturated heterocycles. The first-order chi connectivity index (χ1) is 17.5. The van der Waals surface area contributed by atoms with Crippen LogP contribution in [0.4, 0.5) is 0 Å². The first-order valence-corrected chi connectivity index (χ1v) is 12.0. The number of carbonyl (C=O) groups excluding carboxylic acids is 2. The Hall–Kier alpha value is -4.23. The number of aryl methyl sites for hydroxylation is 1. The molecule has 0 aliphatic carbocycles. The van der Waals surface area contributed by atoms with Crippen LogP contribution in [-0.4, -0.2) is 18.1 Å². The molecule has 1 N–H and O–H groups in total. The number of carbonyl (C=O) groups is 2. The zero-order chi connectivity index (χ0) is 25.3. The molecule has 7 heteroatoms. The van der Waals surface area contributed by atoms with Crippen LogP contribution in [-0.2, 0) is 6.61 Å². The van der Waals surface area contributed by atoms with Crippen molar-refractivity contribution in [1.29, 1.82) is 0 Å². The van der Waals surface area contributed by atoms with Crippen LogP contribution in [0.25, 0.3) is 0 Å². The van der Waals surface area contributed by atoms with E-state index in [4.69, 9.17) is 9.47 Å². The number of ether oxygens (including phenoxy) is 2. The second-order valence-electron chi connectivity index (χ2n) is 7.96. The van der Waals surface area contributed by atoms with Crippen molar-refractivity contribution in [3.63, 3.8) is 0 Å². The zero-order valence-electron chi connectivity index (χ0n) is 19.5. The Morgan fingerprint density at radius 2 is 1.42 bits per heavy atom. The predicted molar refractivity (Wildman–Crippen MR) is 143 cm³/mol. The Kier molecular flexibility index (Phi) is 8.26. The summed E-state index contributed by atoms with van der Waals surface area (Å²) in [4.78, 5) is 24.6. The molecule has 0 radical (unpaired) electrons. The molecule has 180 valence electrons. The van der Waals surface area contributed by atoms with Crippen molar-refractivity contribution in [3.8, 4) is 11.5 Å². The molecule has 4 aromatic rings. The van der Waals surface area contributed by atoms with Gasteiger partial charge in [0, 0.05) is 10.0 Å². The molecule has 0 unspecified atom stereocenters. The lowest BCUT2D eigenvalue weighted by molar-refractivity contribution is 0.0734. The number of nitrogens with zero attached hydrogens (tertiary/aromatic N) is 1. The Balaban J connectivity index is 1.25. The minimum Gasteiger partial charge on any atom is -0.489 e. The molecule has 6 nitrogen and oxygen atoms in total. The molecular formula is C29H23BrN2O4. The Bertz CT molecular complexity index is 1350. The highest BCUT2D eigenvalue weighted by atomic mass is 79.9. The second-order valence-corrected chi connectivity index (χ2v) is 8.88. The highest BCUT2D eigenvalue weighted by molar-refractivity contribution is 9.10. The molecular weight excluding hydrogens is 520 g/mol. The molecule has 0 aliphatic rings. The van der Waals surface area contributed by atoms with Crippen LogP contribution in [0.2, 0.25) is 0 Å². The largest absolute Gasteiger partial charge is 0.489 e. The van der Waals surface area contributed by atoms with Gasteiger partial charge in [-0.15, -0.1) is 0 Å². The Labute approximate surface area is 217 Å². The number of benzene rings is 4. The van der Waals surface area contributed by atoms with Gasteiger partial charge in [-0.25, -0.2) is 10.2 Å². The molecule has 0 aromatic heterocycles. The van der Waals surface area contributed by atoms with Crippen molar-refractivity contribution in [2.75, 3.05) is 0 Å². The van der Waals surface area contributed by atoms with Crippen LogP contribution in [0.15, 0.2) is 107 Å². The topological polar surface area (TPSA) is 77.0 Å². The number of esters is 1. The van der Waals surface area contributed by atoms with Gasteiger partial charge >= 0.3 is 5.97 Å². The van der Waals surface area contributed by atoms with E-state index in [0.717, 1.165) is 15.6 Å². The maximum atomic E-state index is 12.4. The third kappa shape index (κ3) is 7.13. The van der Waals surface area contributed by atoms with Crippen molar-refractivity contribution in [2.24, 2.45) is 5.10 Å². The fraction of sp³-hybridized carbons (Fsp3) is 0.0690. The van der Waals surface area contributed by atoms with Gasteiger partial charge in [-0.3, -0.25) is 4.79 Å². The van der Waals surface area contributed by atoms with Crippen LogP contribution in [0.3, 0.4) is 0 Å². The molecule has 4 rings (SSSR count). The zero-order valence-corrected chi connectivity index (χ0v) is 21.1. The highest BCUT2D eigenvalue weighted by Crippen LogP contribution is 2.17. The van der Waals surface area contributed by atoms with Crippen LogP contribution in [0.1, 0.15) is 37.4 Å². The average molecular weight is 543 g/mol. The van der Waals surface area contributed by atoms with Crippen molar-refractivity contribution in [2.45, 2.75) is 13.5 Å². The van der Waals surface area contributed by atoms with E-state index in [9.17, 15) is 9.59 Å². The summed E-state index contributed by atoms with van der Waals surface area (Å²) in [5, 5.41) is 4.00. The number of rotatable bonds is 8. The summed E-state index contributed by atoms with van der Waals surface area (Å²) in [5.74, 6) is 0.310. The third-order valence-electron chi connectivity index (χ3n) is 5.19. The summed E-state index contributed by atoms with van der Waals surface area (Å²) in [6.45, 7) is 2.50. The van der Waals surface area contributed by atoms with Crippen molar-refractivity contribution >= 4 is 34.0 Å². The number of hydrazone groups is 1. The summed E-state index contributed by atoms with van der Waals surface area (Å²) < 4.78 is 12.0. The van der Waals surface area contributed by atoms with E-state index in [1.165, 1.54) is 11.8 Å². The number of nitrogens with one attached hydrogen (secondary N) is 1. The fourth-order valence-corrected chi connectivity index (χ4v) is 3.42. The van der Waals surface area contributed by atoms with Crippen LogP contribution >= 0.6 is 15.9 Å². The second kappa shape index (κ2) is 12.0. The predicted octanol–water partition coefficient (Wildman–Crippen LogP) is 6.32. The molecule has 4 aromatic carbocycles. The summed E-state index contributed by atoms with van der Waals surface area (Å²) in [6, 6.07) is 28.7. The SMILES string of the molecule is Cc1ccc(COc2ccc(C(=O)N/N=C/c3ccc(OC(=O)c4ccc(Br)cc4)cc3)cc2)cc1. The maximum absolute atomic E-state index is 12.4. The van der Waals surface area contributed by atoms with Crippen LogP contribution in [0, 0.1) is 6.92 Å². The van der Waals surface area contributed by atoms with Gasteiger partial charge in [-0.1, -0.05) is 45.8 Å². The molecule has 0 fully saturated rings. The van der Waals surface area contributed by atoms with E-state index in [0.29, 0.717) is 29.2 Å². The van der Waals surface area contributed by atoms with E-state index in [1.807, 2.05) is 31.2 Å². The van der Waals surface area contributed by atoms with Gasteiger partial charge in [0.25, 0.3) is 5.91 Å². The third-order valence-corrected chi connectivity index (χ3v) is 5.72. The van der Waals surface area contributed by atoms with Gasteiger partial charge < -0.3 is 9.47 Å². The first-order valence-electron chi connectivity index (χ1n) is 11.2. The number of halogens is 1. The van der Waals surface area contributed by atoms with Crippen molar-refractivity contribution in [3.05, 3.63) is 129 Å². The summed E-state index contributed by atoms with van der Waals surface area (Å²) in [7, 11) is 0. The van der Waals surface area contributed by atoms with Gasteiger partial charge in [-0.05, 0) is 90.8 Å². The molecule has 0 spiro atoms. The molecule has 0 heterocycles. The molecule has 0 atom stereocenters. The average Bonchev–Trinajstić information content (AvgIpc) is 2.90. The standard InChI is InChI=1S/C29H23BrN2O4/c1-20-2-4-22(5-3-20)19-35-26-16-10-23(11-17-26)28(33)32-31-18-21-6-14-27(15-7-21)36-29(34)24-8-12-25(30)13-9-24/h2-18H,19H2,1H3,(H,32,33)/b31-18+. The van der Waals surface area contributed by atoms with Crippen molar-refractivity contribution < 1.29 is 19.1 Å². The van der Waals surface area contributed by atoms with E-state index in [1.54, 1.807) is 72.8 Å². The summed E-state index contributed by atoms with van der Waals surface area (Å²) in [6.07, 6.45) is 1.51. The lowest BCUT2D eigenvalue weighted by atomic mass is 10.2. The highest BCUT2D eigenvalue weighted by Gasteiger charge is 2.08. The normalized spacial score (nSPS) is 10.7. The number of hydrogen-bond acceptors (Lipinski definition) is 5. The van der Waals surface area contributed by atoms with Gasteiger partial charge in [0.15, 0.2) is 0 Å². The minimum atomic E-state index is -0.442. The Morgan fingerprint density at radius 1 is 0.806 bits per heavy atom. The van der Waals surface area contributed by atoms with Gasteiger partial charge in [0.2, 0.25) is 0 Å². The van der Waals surface area contributed by atoms with Gasteiger partial charge in [-0.2, -0.15) is 5.10 Å². The molecule has 36 heavy (non-hydrogen) atoms. The van der Waals surface area contributed by atoms with Gasteiger partial charge in [0.1, 0.15) is 18.1 Å². The number of hydrogen-bond donors (Lipinski definition) is 1. The van der Waals surface area contributed by atoms with Crippen LogP contribution in [0.5, 0.6) is 11.5 Å². The summed E-state index contributed by atoms with van der Waals surface area (Å²) in [5.41, 5.74) is 6.43. The summed E-state index contributed by atoms with van der Waals surface area (Å²) >= 11 is 3.33. The van der Waals surface area contributed by atoms with Crippen LogP contribution < -0.4 is 14.9 Å². The first kappa shape index (κ1) is 24.9. The van der Waals surface area contributed by atoms with Crippen molar-refractivity contribution in [1.82, 2.24) is 5.43 Å². The molecule has 1 amide bonds. The minimum absolute atomic E-state index is 0.337. The Morgan fingerprint density at radius 3 is 2.08 bits per heavy atom. The van der Waals surface area contributed by atoms with E-state index in [-0.39, 0.29) is 5.91 Å². The smallest absolute Gasteiger partial charge is 0.343 e. The van der Waals surface area contributed by atoms with E-state index < -0.39 is 5.97 Å². The molecule has 0 saturated carbocycles. The van der Waals surface area contributed by atoms with E-state index >= 15 is 0 Å². The van der Waals surface area contributed by atoms with Gasteiger partial charge in [0.05, 0.1) is 11.8 Å². The van der Waals surface area contributed by atoms with E-state index in [2.05, 4.69) is 26.5 Å². The monoisotopic (exact) mass is 542 g/mol. The maximum Gasteiger partial charge on any atom is 0.343 e.